The first-order valence-corrected chi connectivity index (χ1v) is 41.5. The van der Waals surface area contributed by atoms with E-state index < -0.39 is 5.97 Å². The van der Waals surface area contributed by atoms with Crippen LogP contribution in [-0.4, -0.2) is 57.4 Å². The minimum absolute atomic E-state index is 0.198. The average Bonchev–Trinajstić information content (AvgIpc) is 1.05. The van der Waals surface area contributed by atoms with Crippen molar-refractivity contribution in [1.82, 2.24) is 19.9 Å². The molecule has 11 nitrogen and oxygen atoms in total. The summed E-state index contributed by atoms with van der Waals surface area (Å²) in [5.74, 6) is 1.93. The average molecular weight is 1430 g/mol. The predicted octanol–water partition coefficient (Wildman–Crippen LogP) is 28.0. The van der Waals surface area contributed by atoms with Crippen molar-refractivity contribution in [2.45, 2.75) is 260 Å². The van der Waals surface area contributed by atoms with Crippen LogP contribution in [0.5, 0.6) is 23.0 Å². The molecular formula is C95H123N5O6. The summed E-state index contributed by atoms with van der Waals surface area (Å²) in [5, 5.41) is 10.3. The minimum Gasteiger partial charge on any atom is -0.493 e. The summed E-state index contributed by atoms with van der Waals surface area (Å²) < 4.78 is 28.3. The van der Waals surface area contributed by atoms with Crippen LogP contribution in [0.1, 0.15) is 291 Å². The van der Waals surface area contributed by atoms with E-state index in [9.17, 15) is 9.90 Å². The Morgan fingerprint density at radius 2 is 0.642 bits per heavy atom. The van der Waals surface area contributed by atoms with E-state index in [4.69, 9.17) is 28.9 Å². The maximum absolute atomic E-state index is 12.6. The Morgan fingerprint density at radius 3 is 1.02 bits per heavy atom. The highest BCUT2D eigenvalue weighted by molar-refractivity contribution is 6.03. The standard InChI is InChI=1S/C95H123N5O6/c1-7-13-19-25-29-35-67-103-85-43-39-44-86(104-68-36-30-26-20-14-8-2)92(85)90-79-61-59-77(96-79)89(73-51-53-74(54-52-73)95(101)102)78-60-62-80(97-78)91(93-87(105-69-37-31-27-21-15-9-3)45-40-46-88(93)106-70-38-32-28-22-16-10-4)82-64-66-84(99-82)94(83-65-63-81(90)98-83)100(75-55-47-71(48-56-75)41-33-23-17-11-5)76-57-49-72(50-58-76)42-34-24-18-12-6/h39-40,43-66,96,99H,7-38,41-42,67-70H2,1-6H3,(H,101,102). The fourth-order valence-electron chi connectivity index (χ4n) is 14.8. The molecule has 106 heavy (non-hydrogen) atoms. The fourth-order valence-corrected chi connectivity index (χ4v) is 14.8. The molecule has 8 aromatic rings. The number of fused-ring (bicyclic) bond motifs is 8. The van der Waals surface area contributed by atoms with E-state index in [1.807, 2.05) is 12.1 Å². The molecule has 5 aromatic carbocycles. The van der Waals surface area contributed by atoms with Gasteiger partial charge in [-0.3, -0.25) is 0 Å². The molecule has 10 rings (SSSR count). The summed E-state index contributed by atoms with van der Waals surface area (Å²) in [5.41, 5.74) is 16.8. The van der Waals surface area contributed by atoms with Crippen LogP contribution in [0.4, 0.5) is 17.1 Å². The van der Waals surface area contributed by atoms with Crippen LogP contribution in [0.25, 0.3) is 79.8 Å². The molecule has 0 radical (unpaired) electrons. The second-order valence-corrected chi connectivity index (χ2v) is 29.4. The molecule has 0 saturated carbocycles. The maximum Gasteiger partial charge on any atom is 0.335 e. The van der Waals surface area contributed by atoms with Crippen LogP contribution in [0.3, 0.4) is 0 Å². The molecule has 3 N–H and O–H groups in total. The molecule has 0 aliphatic carbocycles. The number of nitrogens with one attached hydrogen (secondary N) is 2. The van der Waals surface area contributed by atoms with Gasteiger partial charge in [-0.25, -0.2) is 14.8 Å². The number of hydrogen-bond donors (Lipinski definition) is 3. The zero-order chi connectivity index (χ0) is 73.9. The molecule has 564 valence electrons. The van der Waals surface area contributed by atoms with E-state index in [0.717, 1.165) is 184 Å². The Labute approximate surface area is 635 Å². The maximum atomic E-state index is 12.6. The number of benzene rings is 5. The molecule has 8 bridgehead atoms. The number of ether oxygens (including phenoxy) is 4. The molecule has 0 fully saturated rings. The van der Waals surface area contributed by atoms with Gasteiger partial charge < -0.3 is 38.9 Å². The van der Waals surface area contributed by atoms with Gasteiger partial charge in [-0.2, -0.15) is 0 Å². The summed E-state index contributed by atoms with van der Waals surface area (Å²) in [7, 11) is 0. The Morgan fingerprint density at radius 1 is 0.330 bits per heavy atom. The number of unbranched alkanes of at least 4 members (excludes halogenated alkanes) is 26. The summed E-state index contributed by atoms with van der Waals surface area (Å²) in [6.45, 7) is 15.8. The molecular weight excluding hydrogens is 1310 g/mol. The first-order chi connectivity index (χ1) is 52.2. The van der Waals surface area contributed by atoms with Crippen molar-refractivity contribution in [3.63, 3.8) is 0 Å². The van der Waals surface area contributed by atoms with Gasteiger partial charge in [0.15, 0.2) is 0 Å². The predicted molar refractivity (Wildman–Crippen MR) is 448 cm³/mol. The number of hydrogen-bond acceptors (Lipinski definition) is 8. The molecule has 0 spiro atoms. The second kappa shape index (κ2) is 43.7. The van der Waals surface area contributed by atoms with Gasteiger partial charge in [0, 0.05) is 44.6 Å². The van der Waals surface area contributed by atoms with Crippen molar-refractivity contribution in [3.05, 3.63) is 173 Å². The smallest absolute Gasteiger partial charge is 0.335 e. The zero-order valence-electron chi connectivity index (χ0n) is 65.2. The Balaban J connectivity index is 1.30. The van der Waals surface area contributed by atoms with E-state index in [-0.39, 0.29) is 5.56 Å². The molecule has 11 heteroatoms. The van der Waals surface area contributed by atoms with Gasteiger partial charge in [-0.15, -0.1) is 0 Å². The van der Waals surface area contributed by atoms with Crippen molar-refractivity contribution in [2.75, 3.05) is 31.3 Å². The number of nitrogens with zero attached hydrogens (tertiary/aromatic N) is 3. The van der Waals surface area contributed by atoms with E-state index in [0.29, 0.717) is 37.8 Å². The summed E-state index contributed by atoms with van der Waals surface area (Å²) >= 11 is 0. The van der Waals surface area contributed by atoms with Crippen molar-refractivity contribution < 1.29 is 28.8 Å². The molecule has 5 heterocycles. The van der Waals surface area contributed by atoms with E-state index in [1.165, 1.54) is 152 Å². The SMILES string of the molecule is CCCCCCCCOc1cccc(OCCCCCCCC)c1-c1c2nc(c(N(c3ccc(CCCCCC)cc3)c3ccc(CCCCCC)cc3)c3ccc([nH]3)c(-c3c(OCCCCCCCC)cccc3OCCCCCCCC)c3nc(c(-c4ccc(C(=O)O)cc4)c4ccc1[nH]4)C=C3)C=C2. The fraction of sp³-hybridized carbons (Fsp3) is 0.463. The lowest BCUT2D eigenvalue weighted by molar-refractivity contribution is 0.0696. The van der Waals surface area contributed by atoms with Crippen molar-refractivity contribution >= 4 is 69.4 Å². The Kier molecular flexibility index (Phi) is 32.9. The number of carboxylic acids is 1. The Bertz CT molecular complexity index is 4010. The van der Waals surface area contributed by atoms with Crippen LogP contribution >= 0.6 is 0 Å². The van der Waals surface area contributed by atoms with E-state index in [1.54, 1.807) is 12.1 Å². The highest BCUT2D eigenvalue weighted by Gasteiger charge is 2.28. The first kappa shape index (κ1) is 79.7. The van der Waals surface area contributed by atoms with Crippen molar-refractivity contribution in [3.8, 4) is 56.4 Å². The lowest BCUT2D eigenvalue weighted by atomic mass is 10.0. The number of aromatic nitrogens is 4. The molecule has 0 unspecified atom stereocenters. The number of rotatable bonds is 49. The third-order valence-electron chi connectivity index (χ3n) is 20.9. The van der Waals surface area contributed by atoms with Gasteiger partial charge in [0.05, 0.1) is 77.1 Å². The number of carboxylic acid groups (broad SMARTS) is 1. The minimum atomic E-state index is -0.991. The molecule has 2 aliphatic rings. The third kappa shape index (κ3) is 22.6. The zero-order valence-corrected chi connectivity index (χ0v) is 65.2. The van der Waals surface area contributed by atoms with Crippen LogP contribution in [0.15, 0.2) is 133 Å². The quantitative estimate of drug-likeness (QED) is 0.0319. The number of anilines is 3. The Hall–Kier alpha value is -8.83. The highest BCUT2D eigenvalue weighted by atomic mass is 16.5. The van der Waals surface area contributed by atoms with Gasteiger partial charge >= 0.3 is 5.97 Å². The van der Waals surface area contributed by atoms with Gasteiger partial charge in [0.2, 0.25) is 0 Å². The molecule has 0 amide bonds. The monoisotopic (exact) mass is 1430 g/mol. The highest BCUT2D eigenvalue weighted by Crippen LogP contribution is 2.48. The lowest BCUT2D eigenvalue weighted by Crippen LogP contribution is -2.12. The number of aromatic carboxylic acids is 1. The van der Waals surface area contributed by atoms with Crippen LogP contribution in [0.2, 0.25) is 0 Å². The van der Waals surface area contributed by atoms with Crippen molar-refractivity contribution in [2.24, 2.45) is 0 Å². The number of aromatic amines is 2. The molecule has 0 atom stereocenters. The first-order valence-electron chi connectivity index (χ1n) is 41.5. The van der Waals surface area contributed by atoms with Crippen LogP contribution in [0, 0.1) is 0 Å². The van der Waals surface area contributed by atoms with Gasteiger partial charge in [-0.1, -0.05) is 257 Å². The van der Waals surface area contributed by atoms with Crippen molar-refractivity contribution in [1.29, 1.82) is 0 Å². The van der Waals surface area contributed by atoms with E-state index in [2.05, 4.69) is 190 Å². The van der Waals surface area contributed by atoms with Crippen LogP contribution in [-0.2, 0) is 12.8 Å². The van der Waals surface area contributed by atoms with E-state index >= 15 is 0 Å². The topological polar surface area (TPSA) is 135 Å². The number of aryl methyl sites for hydroxylation is 2. The largest absolute Gasteiger partial charge is 0.493 e. The third-order valence-corrected chi connectivity index (χ3v) is 20.9. The second-order valence-electron chi connectivity index (χ2n) is 29.4. The molecule has 2 aliphatic heterocycles. The normalized spacial score (nSPS) is 11.8. The van der Waals surface area contributed by atoms with Gasteiger partial charge in [0.25, 0.3) is 0 Å². The lowest BCUT2D eigenvalue weighted by Gasteiger charge is -2.27. The summed E-state index contributed by atoms with van der Waals surface area (Å²) in [6, 6.07) is 46.9. The van der Waals surface area contributed by atoms with Gasteiger partial charge in [0.1, 0.15) is 23.0 Å². The summed E-state index contributed by atoms with van der Waals surface area (Å²) in [6.07, 6.45) is 47.6. The van der Waals surface area contributed by atoms with Gasteiger partial charge in [-0.05, 0) is 177 Å². The summed E-state index contributed by atoms with van der Waals surface area (Å²) in [4.78, 5) is 35.0. The number of H-pyrrole nitrogens is 2. The van der Waals surface area contributed by atoms with Crippen LogP contribution < -0.4 is 23.8 Å². The number of carbonyl (C=O) groups is 1. The molecule has 3 aromatic heterocycles. The molecule has 0 saturated heterocycles.